The fourth-order valence-corrected chi connectivity index (χ4v) is 5.27. The Morgan fingerprint density at radius 3 is 1.93 bits per heavy atom. The molecule has 2 aliphatic carbocycles. The summed E-state index contributed by atoms with van der Waals surface area (Å²) in [5.41, 5.74) is 3.40. The normalized spacial score (nSPS) is 21.6. The Morgan fingerprint density at radius 2 is 1.50 bits per heavy atom. The van der Waals surface area contributed by atoms with Crippen LogP contribution in [0.5, 0.6) is 0 Å². The highest BCUT2D eigenvalue weighted by Gasteiger charge is 2.54. The Bertz CT molecular complexity index is 1070. The second kappa shape index (κ2) is 14.4. The predicted molar refractivity (Wildman–Crippen MR) is 142 cm³/mol. The highest BCUT2D eigenvalue weighted by molar-refractivity contribution is 5.78. The third-order valence-corrected chi connectivity index (χ3v) is 7.06. The smallest absolute Gasteiger partial charge is 0.475 e. The van der Waals surface area contributed by atoms with Gasteiger partial charge in [0, 0.05) is 31.2 Å². The number of likely N-dealkylation sites (tertiary alicyclic amines) is 1. The summed E-state index contributed by atoms with van der Waals surface area (Å²) in [6.45, 7) is 9.06. The van der Waals surface area contributed by atoms with E-state index in [1.807, 2.05) is 13.8 Å². The molecule has 42 heavy (non-hydrogen) atoms. The Kier molecular flexibility index (Phi) is 12.0. The van der Waals surface area contributed by atoms with E-state index in [2.05, 4.69) is 58.9 Å². The molecule has 14 heteroatoms. The number of carbonyl (C=O) groups excluding carboxylic acids is 1. The molecule has 3 fully saturated rings. The zero-order valence-electron chi connectivity index (χ0n) is 23.6. The molecule has 8 nitrogen and oxygen atoms in total. The van der Waals surface area contributed by atoms with Crippen molar-refractivity contribution in [2.75, 3.05) is 19.6 Å². The van der Waals surface area contributed by atoms with E-state index in [1.54, 1.807) is 5.57 Å². The zero-order chi connectivity index (χ0) is 31.9. The molecule has 2 saturated carbocycles. The van der Waals surface area contributed by atoms with Crippen molar-refractivity contribution in [3.05, 3.63) is 41.5 Å². The van der Waals surface area contributed by atoms with Crippen molar-refractivity contribution in [3.63, 3.8) is 0 Å². The number of carboxylic acids is 2. The van der Waals surface area contributed by atoms with Crippen LogP contribution in [0.25, 0.3) is 6.08 Å². The van der Waals surface area contributed by atoms with E-state index in [-0.39, 0.29) is 11.9 Å². The molecule has 3 aliphatic rings. The topological polar surface area (TPSA) is 119 Å². The van der Waals surface area contributed by atoms with Crippen molar-refractivity contribution in [2.45, 2.75) is 76.9 Å². The molecule has 1 saturated heterocycles. The van der Waals surface area contributed by atoms with Gasteiger partial charge in [0.25, 0.3) is 0 Å². The molecule has 2 atom stereocenters. The number of halogens is 6. The molecule has 0 radical (unpaired) electrons. The fourth-order valence-electron chi connectivity index (χ4n) is 5.27. The number of aliphatic carboxylic acids is 2. The summed E-state index contributed by atoms with van der Waals surface area (Å²) in [4.78, 5) is 32.0. The van der Waals surface area contributed by atoms with Crippen molar-refractivity contribution in [1.82, 2.24) is 15.5 Å². The maximum Gasteiger partial charge on any atom is 0.490 e. The van der Waals surface area contributed by atoms with E-state index in [4.69, 9.17) is 19.8 Å². The minimum atomic E-state index is -5.08. The van der Waals surface area contributed by atoms with Crippen molar-refractivity contribution in [3.8, 4) is 0 Å². The lowest BCUT2D eigenvalue weighted by Crippen LogP contribution is -2.67. The summed E-state index contributed by atoms with van der Waals surface area (Å²) in [5.74, 6) is -4.63. The number of hydrogen-bond donors (Lipinski definition) is 4. The lowest BCUT2D eigenvalue weighted by molar-refractivity contribution is -0.193. The summed E-state index contributed by atoms with van der Waals surface area (Å²) in [7, 11) is 0. The summed E-state index contributed by atoms with van der Waals surface area (Å²) < 4.78 is 63.5. The van der Waals surface area contributed by atoms with Crippen LogP contribution in [0.15, 0.2) is 35.9 Å². The van der Waals surface area contributed by atoms with Crippen molar-refractivity contribution in [2.24, 2.45) is 11.3 Å². The van der Waals surface area contributed by atoms with Gasteiger partial charge in [-0.15, -0.1) is 0 Å². The summed E-state index contributed by atoms with van der Waals surface area (Å²) in [6, 6.07) is 12.3. The van der Waals surface area contributed by atoms with Gasteiger partial charge in [-0.1, -0.05) is 48.9 Å². The molecule has 4 N–H and O–H groups in total. The molecule has 1 aliphatic heterocycles. The fraction of sp³-hybridized carbons (Fsp3) is 0.607. The molecule has 1 aromatic rings. The van der Waals surface area contributed by atoms with Gasteiger partial charge in [-0.25, -0.2) is 9.59 Å². The molecule has 0 aromatic heterocycles. The number of alkyl halides is 6. The van der Waals surface area contributed by atoms with E-state index in [0.29, 0.717) is 24.0 Å². The van der Waals surface area contributed by atoms with Crippen LogP contribution in [0.1, 0.15) is 52.0 Å². The van der Waals surface area contributed by atoms with Crippen LogP contribution in [0.4, 0.5) is 26.3 Å². The molecule has 236 valence electrons. The first-order valence-electron chi connectivity index (χ1n) is 13.5. The van der Waals surface area contributed by atoms with Crippen molar-refractivity contribution < 1.29 is 50.9 Å². The first-order chi connectivity index (χ1) is 19.3. The zero-order valence-corrected chi connectivity index (χ0v) is 23.6. The number of benzene rings is 1. The Balaban J connectivity index is 0.000000367. The summed E-state index contributed by atoms with van der Waals surface area (Å²) >= 11 is 0. The predicted octanol–water partition coefficient (Wildman–Crippen LogP) is 4.71. The van der Waals surface area contributed by atoms with Crippen LogP contribution >= 0.6 is 0 Å². The number of carbonyl (C=O) groups is 3. The van der Waals surface area contributed by atoms with Crippen LogP contribution in [0, 0.1) is 11.3 Å². The lowest BCUT2D eigenvalue weighted by atomic mass is 9.60. The minimum Gasteiger partial charge on any atom is -0.475 e. The molecule has 4 rings (SSSR count). The third kappa shape index (κ3) is 11.3. The maximum absolute atomic E-state index is 11.9. The summed E-state index contributed by atoms with van der Waals surface area (Å²) in [5, 5.41) is 21.1. The number of nitrogens with zero attached hydrogens (tertiary/aromatic N) is 1. The molecule has 1 heterocycles. The van der Waals surface area contributed by atoms with E-state index >= 15 is 0 Å². The number of hydrogen-bond acceptors (Lipinski definition) is 5. The first-order valence-corrected chi connectivity index (χ1v) is 13.5. The van der Waals surface area contributed by atoms with Crippen molar-refractivity contribution >= 4 is 23.9 Å². The lowest BCUT2D eigenvalue weighted by Gasteiger charge is -2.59. The standard InChI is InChI=1S/C24H35N3O.2C2HF3O2/c1-4-19(10-18-8-6-5-7-9-18)21-11-22(21)26-20-12-24(13-20)15-27(16-24)14-23(28)25-17(2)3;2*3-2(4,5)1(6)7/h5-10,17,20-22,26H,4,11-16H2,1-3H3,(H,25,28);2*(H,6,7)/b19-10+;;/t21-,22+;;/m0../s1. The second-order valence-corrected chi connectivity index (χ2v) is 11.2. The molecule has 1 spiro atoms. The summed E-state index contributed by atoms with van der Waals surface area (Å²) in [6.07, 6.45) is -2.79. The maximum atomic E-state index is 11.9. The van der Waals surface area contributed by atoms with Gasteiger partial charge in [0.05, 0.1) is 6.54 Å². The Labute approximate surface area is 240 Å². The van der Waals surface area contributed by atoms with Crippen LogP contribution in [0.3, 0.4) is 0 Å². The van der Waals surface area contributed by atoms with E-state index in [9.17, 15) is 31.1 Å². The van der Waals surface area contributed by atoms with Crippen LogP contribution < -0.4 is 10.6 Å². The van der Waals surface area contributed by atoms with Crippen LogP contribution in [-0.4, -0.2) is 83.1 Å². The number of rotatable bonds is 8. The Morgan fingerprint density at radius 1 is 1.00 bits per heavy atom. The Hall–Kier alpha value is -3.13. The highest BCUT2D eigenvalue weighted by Crippen LogP contribution is 2.50. The number of nitrogens with one attached hydrogen (secondary N) is 2. The van der Waals surface area contributed by atoms with Gasteiger partial charge in [-0.3, -0.25) is 9.69 Å². The average molecular weight is 610 g/mol. The molecule has 0 unspecified atom stereocenters. The number of amides is 1. The number of carboxylic acid groups (broad SMARTS) is 2. The highest BCUT2D eigenvalue weighted by atomic mass is 19.4. The van der Waals surface area contributed by atoms with Gasteiger partial charge in [0.15, 0.2) is 0 Å². The van der Waals surface area contributed by atoms with Crippen LogP contribution in [-0.2, 0) is 14.4 Å². The van der Waals surface area contributed by atoms with Gasteiger partial charge >= 0.3 is 24.3 Å². The van der Waals surface area contributed by atoms with Gasteiger partial charge in [0.2, 0.25) is 5.91 Å². The van der Waals surface area contributed by atoms with E-state index < -0.39 is 24.3 Å². The largest absolute Gasteiger partial charge is 0.490 e. The minimum absolute atomic E-state index is 0.164. The molecular formula is C28H37F6N3O5. The third-order valence-electron chi connectivity index (χ3n) is 7.06. The monoisotopic (exact) mass is 609 g/mol. The average Bonchev–Trinajstić information content (AvgIpc) is 3.58. The van der Waals surface area contributed by atoms with Gasteiger partial charge in [0.1, 0.15) is 0 Å². The van der Waals surface area contributed by atoms with E-state index in [1.165, 1.54) is 24.8 Å². The van der Waals surface area contributed by atoms with Crippen molar-refractivity contribution in [1.29, 1.82) is 0 Å². The molecular weight excluding hydrogens is 572 g/mol. The molecule has 0 bridgehead atoms. The van der Waals surface area contributed by atoms with E-state index in [0.717, 1.165) is 25.4 Å². The van der Waals surface area contributed by atoms with Gasteiger partial charge in [-0.05, 0) is 56.4 Å². The first kappa shape index (κ1) is 35.1. The quantitative estimate of drug-likeness (QED) is 0.315. The van der Waals surface area contributed by atoms with Crippen LogP contribution in [0.2, 0.25) is 0 Å². The SMILES string of the molecule is CC/C(=C\c1ccccc1)[C@@H]1C[C@H]1NC1CC2(C1)CN(CC(=O)NC(C)C)C2.O=C(O)C(F)(F)F.O=C(O)C(F)(F)F. The molecule has 1 aromatic carbocycles. The molecule has 1 amide bonds. The van der Waals surface area contributed by atoms with Gasteiger partial charge in [-0.2, -0.15) is 26.3 Å². The second-order valence-electron chi connectivity index (χ2n) is 11.2. The van der Waals surface area contributed by atoms with Gasteiger partial charge < -0.3 is 20.8 Å².